The molecule has 0 radical (unpaired) electrons. The molecule has 2 heterocycles. The minimum absolute atomic E-state index is 0.0813. The summed E-state index contributed by atoms with van der Waals surface area (Å²) in [6, 6.07) is 4.44. The van der Waals surface area contributed by atoms with Crippen LogP contribution >= 0.6 is 11.3 Å². The average Bonchev–Trinajstić information content (AvgIpc) is 2.87. The molecule has 0 saturated heterocycles. The van der Waals surface area contributed by atoms with Crippen LogP contribution < -0.4 is 5.32 Å². The van der Waals surface area contributed by atoms with Crippen LogP contribution in [0.15, 0.2) is 17.5 Å². The van der Waals surface area contributed by atoms with Gasteiger partial charge >= 0.3 is 0 Å². The standard InChI is InChI=1S/C15H20N2OS/c1-17-12-8-9-19-14(12)10-13(17)15(18)16-11-6-4-2-3-5-7-11/h8-11H,2-7H2,1H3,(H,16,18). The molecule has 3 rings (SSSR count). The molecule has 1 N–H and O–H groups in total. The first-order valence-electron chi connectivity index (χ1n) is 7.09. The van der Waals surface area contributed by atoms with E-state index in [1.165, 1.54) is 30.4 Å². The second-order valence-corrected chi connectivity index (χ2v) is 6.37. The molecule has 0 aromatic carbocycles. The molecule has 0 atom stereocenters. The van der Waals surface area contributed by atoms with Crippen LogP contribution in [0.1, 0.15) is 49.0 Å². The number of aryl methyl sites for hydroxylation is 1. The third-order valence-corrected chi connectivity index (χ3v) is 4.94. The zero-order chi connectivity index (χ0) is 13.2. The maximum atomic E-state index is 12.4. The number of rotatable bonds is 2. The topological polar surface area (TPSA) is 34.0 Å². The lowest BCUT2D eigenvalue weighted by Crippen LogP contribution is -2.35. The average molecular weight is 276 g/mol. The Balaban J connectivity index is 1.75. The number of hydrogen-bond acceptors (Lipinski definition) is 2. The summed E-state index contributed by atoms with van der Waals surface area (Å²) in [5.74, 6) is 0.0813. The molecule has 0 unspecified atom stereocenters. The first-order chi connectivity index (χ1) is 9.25. The van der Waals surface area contributed by atoms with Crippen molar-refractivity contribution in [3.63, 3.8) is 0 Å². The van der Waals surface area contributed by atoms with Crippen molar-refractivity contribution in [2.24, 2.45) is 7.05 Å². The van der Waals surface area contributed by atoms with Gasteiger partial charge in [-0.2, -0.15) is 0 Å². The Hall–Kier alpha value is -1.29. The number of carbonyl (C=O) groups is 1. The molecule has 1 saturated carbocycles. The highest BCUT2D eigenvalue weighted by Gasteiger charge is 2.18. The number of nitrogens with one attached hydrogen (secondary N) is 1. The predicted octanol–water partition coefficient (Wildman–Crippen LogP) is 3.69. The van der Waals surface area contributed by atoms with Gasteiger partial charge in [-0.1, -0.05) is 25.7 Å². The van der Waals surface area contributed by atoms with Gasteiger partial charge < -0.3 is 9.88 Å². The smallest absolute Gasteiger partial charge is 0.268 e. The van der Waals surface area contributed by atoms with Crippen LogP contribution in [0.3, 0.4) is 0 Å². The van der Waals surface area contributed by atoms with Crippen LogP contribution in [-0.4, -0.2) is 16.5 Å². The van der Waals surface area contributed by atoms with Gasteiger partial charge in [0, 0.05) is 13.1 Å². The van der Waals surface area contributed by atoms with Crippen LogP contribution in [0, 0.1) is 0 Å². The molecule has 1 fully saturated rings. The first kappa shape index (κ1) is 12.7. The summed E-state index contributed by atoms with van der Waals surface area (Å²) in [5.41, 5.74) is 1.93. The summed E-state index contributed by atoms with van der Waals surface area (Å²) in [4.78, 5) is 12.4. The fraction of sp³-hybridized carbons (Fsp3) is 0.533. The third-order valence-electron chi connectivity index (χ3n) is 4.09. The summed E-state index contributed by atoms with van der Waals surface area (Å²) >= 11 is 1.69. The summed E-state index contributed by atoms with van der Waals surface area (Å²) in [5, 5.41) is 5.28. The number of aromatic nitrogens is 1. The van der Waals surface area contributed by atoms with Gasteiger partial charge in [0.05, 0.1) is 10.2 Å². The van der Waals surface area contributed by atoms with Gasteiger partial charge in [0.25, 0.3) is 5.91 Å². The molecule has 19 heavy (non-hydrogen) atoms. The minimum atomic E-state index is 0.0813. The highest BCUT2D eigenvalue weighted by atomic mass is 32.1. The van der Waals surface area contributed by atoms with E-state index in [4.69, 9.17) is 0 Å². The molecule has 1 aliphatic rings. The van der Waals surface area contributed by atoms with E-state index in [2.05, 4.69) is 16.8 Å². The SMILES string of the molecule is Cn1c(C(=O)NC2CCCCCC2)cc2sccc21. The fourth-order valence-electron chi connectivity index (χ4n) is 2.95. The highest BCUT2D eigenvalue weighted by molar-refractivity contribution is 7.17. The van der Waals surface area contributed by atoms with E-state index in [-0.39, 0.29) is 5.91 Å². The zero-order valence-corrected chi connectivity index (χ0v) is 12.1. The number of nitrogens with zero attached hydrogens (tertiary/aromatic N) is 1. The van der Waals surface area contributed by atoms with Gasteiger partial charge in [0.2, 0.25) is 0 Å². The van der Waals surface area contributed by atoms with Gasteiger partial charge in [-0.15, -0.1) is 11.3 Å². The van der Waals surface area contributed by atoms with Gasteiger partial charge in [-0.05, 0) is 30.4 Å². The van der Waals surface area contributed by atoms with Crippen molar-refractivity contribution in [2.45, 2.75) is 44.6 Å². The van der Waals surface area contributed by atoms with Crippen LogP contribution in [0.4, 0.5) is 0 Å². The first-order valence-corrected chi connectivity index (χ1v) is 7.97. The molecule has 4 heteroatoms. The summed E-state index contributed by atoms with van der Waals surface area (Å²) < 4.78 is 3.19. The Morgan fingerprint density at radius 3 is 2.74 bits per heavy atom. The normalized spacial score (nSPS) is 17.5. The largest absolute Gasteiger partial charge is 0.348 e. The number of amides is 1. The predicted molar refractivity (Wildman–Crippen MR) is 79.8 cm³/mol. The Kier molecular flexibility index (Phi) is 3.60. The molecule has 2 aromatic heterocycles. The number of carbonyl (C=O) groups excluding carboxylic acids is 1. The lowest BCUT2D eigenvalue weighted by molar-refractivity contribution is 0.0925. The number of fused-ring (bicyclic) bond motifs is 1. The Bertz CT molecular complexity index is 576. The maximum Gasteiger partial charge on any atom is 0.268 e. The van der Waals surface area contributed by atoms with Crippen molar-refractivity contribution < 1.29 is 4.79 Å². The van der Waals surface area contributed by atoms with E-state index in [0.717, 1.165) is 24.1 Å². The molecule has 3 nitrogen and oxygen atoms in total. The molecule has 0 aliphatic heterocycles. The molecule has 2 aromatic rings. The number of hydrogen-bond donors (Lipinski definition) is 1. The second kappa shape index (κ2) is 5.37. The lowest BCUT2D eigenvalue weighted by Gasteiger charge is -2.16. The second-order valence-electron chi connectivity index (χ2n) is 5.42. The highest BCUT2D eigenvalue weighted by Crippen LogP contribution is 2.24. The van der Waals surface area contributed by atoms with Crippen molar-refractivity contribution in [3.8, 4) is 0 Å². The third kappa shape index (κ3) is 2.54. The van der Waals surface area contributed by atoms with Crippen molar-refractivity contribution in [3.05, 3.63) is 23.2 Å². The Morgan fingerprint density at radius 1 is 1.32 bits per heavy atom. The lowest BCUT2D eigenvalue weighted by atomic mass is 10.1. The summed E-state index contributed by atoms with van der Waals surface area (Å²) in [6.45, 7) is 0. The minimum Gasteiger partial charge on any atom is -0.348 e. The molecule has 1 aliphatic carbocycles. The van der Waals surface area contributed by atoms with Gasteiger partial charge in [-0.25, -0.2) is 0 Å². The van der Waals surface area contributed by atoms with E-state index in [1.54, 1.807) is 11.3 Å². The Labute approximate surface area is 117 Å². The molecule has 102 valence electrons. The molecule has 0 spiro atoms. The van der Waals surface area contributed by atoms with Gasteiger partial charge in [-0.3, -0.25) is 4.79 Å². The molecular weight excluding hydrogens is 256 g/mol. The fourth-order valence-corrected chi connectivity index (χ4v) is 3.80. The van der Waals surface area contributed by atoms with Crippen LogP contribution in [0.25, 0.3) is 10.2 Å². The quantitative estimate of drug-likeness (QED) is 0.834. The van der Waals surface area contributed by atoms with Gasteiger partial charge in [0.1, 0.15) is 5.69 Å². The van der Waals surface area contributed by atoms with Crippen molar-refractivity contribution in [1.29, 1.82) is 0 Å². The van der Waals surface area contributed by atoms with E-state index in [1.807, 2.05) is 17.7 Å². The Morgan fingerprint density at radius 2 is 2.05 bits per heavy atom. The van der Waals surface area contributed by atoms with Gasteiger partial charge in [0.15, 0.2) is 0 Å². The van der Waals surface area contributed by atoms with E-state index < -0.39 is 0 Å². The monoisotopic (exact) mass is 276 g/mol. The van der Waals surface area contributed by atoms with Crippen molar-refractivity contribution >= 4 is 27.5 Å². The van der Waals surface area contributed by atoms with Crippen LogP contribution in [0.5, 0.6) is 0 Å². The van der Waals surface area contributed by atoms with Crippen molar-refractivity contribution in [1.82, 2.24) is 9.88 Å². The van der Waals surface area contributed by atoms with E-state index in [9.17, 15) is 4.79 Å². The zero-order valence-electron chi connectivity index (χ0n) is 11.3. The van der Waals surface area contributed by atoms with Crippen LogP contribution in [0.2, 0.25) is 0 Å². The molecule has 1 amide bonds. The number of thiophene rings is 1. The van der Waals surface area contributed by atoms with Crippen molar-refractivity contribution in [2.75, 3.05) is 0 Å². The van der Waals surface area contributed by atoms with E-state index in [0.29, 0.717) is 6.04 Å². The van der Waals surface area contributed by atoms with E-state index >= 15 is 0 Å². The van der Waals surface area contributed by atoms with Crippen LogP contribution in [-0.2, 0) is 7.05 Å². The molecular formula is C15H20N2OS. The maximum absolute atomic E-state index is 12.4. The summed E-state index contributed by atoms with van der Waals surface area (Å²) in [6.07, 6.45) is 7.37. The molecule has 0 bridgehead atoms. The summed E-state index contributed by atoms with van der Waals surface area (Å²) in [7, 11) is 1.97.